The van der Waals surface area contributed by atoms with Crippen molar-refractivity contribution in [3.05, 3.63) is 0 Å². The Bertz CT molecular complexity index is 392. The van der Waals surface area contributed by atoms with Crippen LogP contribution in [0.4, 0.5) is 0 Å². The Morgan fingerprint density at radius 2 is 1.90 bits per heavy atom. The zero-order valence-corrected chi connectivity index (χ0v) is 13.0. The maximum Gasteiger partial charge on any atom is 0.226 e. The third kappa shape index (κ3) is 2.38. The number of aliphatic hydroxyl groups is 1. The molecule has 0 aromatic heterocycles. The topological polar surface area (TPSA) is 40.5 Å². The van der Waals surface area contributed by atoms with Gasteiger partial charge in [-0.2, -0.15) is 0 Å². The summed E-state index contributed by atoms with van der Waals surface area (Å²) in [6.45, 7) is 6.03. The van der Waals surface area contributed by atoms with Crippen molar-refractivity contribution in [2.24, 2.45) is 17.3 Å². The highest BCUT2D eigenvalue weighted by Crippen LogP contribution is 2.45. The van der Waals surface area contributed by atoms with Crippen LogP contribution in [0.25, 0.3) is 0 Å². The normalized spacial score (nSPS) is 40.5. The fourth-order valence-electron chi connectivity index (χ4n) is 4.78. The zero-order chi connectivity index (χ0) is 14.4. The highest BCUT2D eigenvalue weighted by Gasteiger charge is 2.47. The predicted octanol–water partition coefficient (Wildman–Crippen LogP) is 2.97. The number of piperidine rings is 1. The first-order valence-corrected chi connectivity index (χ1v) is 8.44. The van der Waals surface area contributed by atoms with Gasteiger partial charge in [0.15, 0.2) is 0 Å². The van der Waals surface area contributed by atoms with E-state index in [1.165, 1.54) is 19.3 Å². The lowest BCUT2D eigenvalue weighted by Gasteiger charge is -2.48. The van der Waals surface area contributed by atoms with Crippen molar-refractivity contribution in [3.8, 4) is 0 Å². The van der Waals surface area contributed by atoms with Gasteiger partial charge in [0.2, 0.25) is 5.91 Å². The molecule has 20 heavy (non-hydrogen) atoms. The van der Waals surface area contributed by atoms with Crippen LogP contribution in [-0.4, -0.2) is 34.6 Å². The molecule has 3 atom stereocenters. The van der Waals surface area contributed by atoms with Gasteiger partial charge in [0.05, 0.1) is 5.60 Å². The SMILES string of the molecule is CC1(C)CCCC1C(=O)N1CCC2(O)CCCCC2C1. The maximum absolute atomic E-state index is 12.8. The summed E-state index contributed by atoms with van der Waals surface area (Å²) < 4.78 is 0. The van der Waals surface area contributed by atoms with Crippen molar-refractivity contribution < 1.29 is 9.90 Å². The molecule has 0 spiro atoms. The number of carbonyl (C=O) groups is 1. The number of carbonyl (C=O) groups excluding carboxylic acids is 1. The second-order valence-electron chi connectivity index (χ2n) is 8.01. The molecule has 1 N–H and O–H groups in total. The summed E-state index contributed by atoms with van der Waals surface area (Å²) in [5.74, 6) is 0.885. The fraction of sp³-hybridized carbons (Fsp3) is 0.941. The zero-order valence-electron chi connectivity index (χ0n) is 13.0. The number of hydrogen-bond donors (Lipinski definition) is 1. The number of rotatable bonds is 1. The molecule has 3 nitrogen and oxygen atoms in total. The average molecular weight is 279 g/mol. The van der Waals surface area contributed by atoms with E-state index in [9.17, 15) is 9.90 Å². The summed E-state index contributed by atoms with van der Waals surface area (Å²) >= 11 is 0. The Labute approximate surface area is 122 Å². The molecule has 2 saturated carbocycles. The van der Waals surface area contributed by atoms with Crippen molar-refractivity contribution in [1.82, 2.24) is 4.90 Å². The van der Waals surface area contributed by atoms with Gasteiger partial charge in [-0.1, -0.05) is 33.1 Å². The smallest absolute Gasteiger partial charge is 0.226 e. The number of fused-ring (bicyclic) bond motifs is 1. The van der Waals surface area contributed by atoms with Crippen LogP contribution in [0.15, 0.2) is 0 Å². The molecule has 1 amide bonds. The van der Waals surface area contributed by atoms with Crippen molar-refractivity contribution in [3.63, 3.8) is 0 Å². The van der Waals surface area contributed by atoms with Gasteiger partial charge in [-0.25, -0.2) is 0 Å². The quantitative estimate of drug-likeness (QED) is 0.801. The van der Waals surface area contributed by atoms with E-state index in [1.807, 2.05) is 0 Å². The molecular formula is C17H29NO2. The lowest BCUT2D eigenvalue weighted by molar-refractivity contribution is -0.149. The lowest BCUT2D eigenvalue weighted by Crippen LogP contribution is -2.56. The summed E-state index contributed by atoms with van der Waals surface area (Å²) in [5, 5.41) is 10.7. The molecule has 1 heterocycles. The summed E-state index contributed by atoms with van der Waals surface area (Å²) in [5.41, 5.74) is -0.308. The second kappa shape index (κ2) is 5.01. The molecule has 2 aliphatic carbocycles. The molecule has 3 rings (SSSR count). The summed E-state index contributed by atoms with van der Waals surface area (Å²) in [6, 6.07) is 0. The molecule has 0 bridgehead atoms. The van der Waals surface area contributed by atoms with Crippen LogP contribution in [0.5, 0.6) is 0 Å². The number of likely N-dealkylation sites (tertiary alicyclic amines) is 1. The van der Waals surface area contributed by atoms with Gasteiger partial charge < -0.3 is 10.0 Å². The monoisotopic (exact) mass is 279 g/mol. The van der Waals surface area contributed by atoms with Crippen LogP contribution in [0.1, 0.15) is 65.2 Å². The van der Waals surface area contributed by atoms with Crippen molar-refractivity contribution in [2.45, 2.75) is 70.8 Å². The Kier molecular flexibility index (Phi) is 3.60. The van der Waals surface area contributed by atoms with E-state index in [0.29, 0.717) is 11.8 Å². The Morgan fingerprint density at radius 1 is 1.10 bits per heavy atom. The van der Waals surface area contributed by atoms with Crippen LogP contribution in [-0.2, 0) is 4.79 Å². The van der Waals surface area contributed by atoms with Gasteiger partial charge in [-0.05, 0) is 37.5 Å². The second-order valence-corrected chi connectivity index (χ2v) is 8.01. The Balaban J connectivity index is 1.68. The first-order valence-electron chi connectivity index (χ1n) is 8.44. The number of nitrogens with zero attached hydrogens (tertiary/aromatic N) is 1. The van der Waals surface area contributed by atoms with Gasteiger partial charge in [0, 0.05) is 24.9 Å². The molecule has 3 unspecified atom stereocenters. The van der Waals surface area contributed by atoms with Crippen LogP contribution in [0.3, 0.4) is 0 Å². The van der Waals surface area contributed by atoms with E-state index in [0.717, 1.165) is 45.2 Å². The van der Waals surface area contributed by atoms with Crippen molar-refractivity contribution >= 4 is 5.91 Å². The van der Waals surface area contributed by atoms with Gasteiger partial charge in [0.25, 0.3) is 0 Å². The highest BCUT2D eigenvalue weighted by molar-refractivity contribution is 5.80. The number of hydrogen-bond acceptors (Lipinski definition) is 2. The van der Waals surface area contributed by atoms with E-state index >= 15 is 0 Å². The standard InChI is InChI=1S/C17H29NO2/c1-16(2)8-5-7-14(16)15(19)18-11-10-17(20)9-4-3-6-13(17)12-18/h13-14,20H,3-12H2,1-2H3. The third-order valence-electron chi connectivity index (χ3n) is 6.29. The molecule has 3 heteroatoms. The molecule has 0 aromatic carbocycles. The van der Waals surface area contributed by atoms with Gasteiger partial charge >= 0.3 is 0 Å². The first kappa shape index (κ1) is 14.4. The first-order chi connectivity index (χ1) is 9.42. The van der Waals surface area contributed by atoms with Crippen LogP contribution in [0, 0.1) is 17.3 Å². The van der Waals surface area contributed by atoms with E-state index in [1.54, 1.807) is 0 Å². The molecule has 114 valence electrons. The minimum Gasteiger partial charge on any atom is -0.389 e. The largest absolute Gasteiger partial charge is 0.389 e. The summed E-state index contributed by atoms with van der Waals surface area (Å²) in [4.78, 5) is 14.9. The molecule has 3 fully saturated rings. The highest BCUT2D eigenvalue weighted by atomic mass is 16.3. The molecule has 0 aromatic rings. The van der Waals surface area contributed by atoms with Gasteiger partial charge in [0.1, 0.15) is 0 Å². The molecule has 1 saturated heterocycles. The maximum atomic E-state index is 12.8. The van der Waals surface area contributed by atoms with E-state index in [2.05, 4.69) is 18.7 Å². The Morgan fingerprint density at radius 3 is 2.60 bits per heavy atom. The predicted molar refractivity (Wildman–Crippen MR) is 79.2 cm³/mol. The molecule has 3 aliphatic rings. The summed E-state index contributed by atoms with van der Waals surface area (Å²) in [6.07, 6.45) is 8.59. The minimum atomic E-state index is -0.472. The van der Waals surface area contributed by atoms with Crippen molar-refractivity contribution in [1.29, 1.82) is 0 Å². The van der Waals surface area contributed by atoms with Crippen LogP contribution in [0.2, 0.25) is 0 Å². The average Bonchev–Trinajstić information content (AvgIpc) is 2.76. The number of amides is 1. The Hall–Kier alpha value is -0.570. The minimum absolute atomic E-state index is 0.164. The fourth-order valence-corrected chi connectivity index (χ4v) is 4.78. The van der Waals surface area contributed by atoms with Crippen LogP contribution < -0.4 is 0 Å². The van der Waals surface area contributed by atoms with Gasteiger partial charge in [-0.15, -0.1) is 0 Å². The lowest BCUT2D eigenvalue weighted by atomic mass is 9.71. The van der Waals surface area contributed by atoms with E-state index in [4.69, 9.17) is 0 Å². The third-order valence-corrected chi connectivity index (χ3v) is 6.29. The summed E-state index contributed by atoms with van der Waals surface area (Å²) in [7, 11) is 0. The molecule has 1 aliphatic heterocycles. The molecular weight excluding hydrogens is 250 g/mol. The van der Waals surface area contributed by atoms with Gasteiger partial charge in [-0.3, -0.25) is 4.79 Å². The van der Waals surface area contributed by atoms with E-state index in [-0.39, 0.29) is 11.3 Å². The molecule has 0 radical (unpaired) electrons. The van der Waals surface area contributed by atoms with Crippen molar-refractivity contribution in [2.75, 3.05) is 13.1 Å². The van der Waals surface area contributed by atoms with E-state index < -0.39 is 5.60 Å². The van der Waals surface area contributed by atoms with Crippen LogP contribution >= 0.6 is 0 Å².